The molecule has 0 aromatic carbocycles. The number of carbonyl (C=O) groups is 2. The number of hydrogen-bond donors (Lipinski definition) is 3. The number of amides is 1. The van der Waals surface area contributed by atoms with E-state index in [2.05, 4.69) is 10.3 Å². The smallest absolute Gasteiger partial charge is 0.416 e. The van der Waals surface area contributed by atoms with Gasteiger partial charge in [0.1, 0.15) is 6.33 Å². The molecule has 0 bridgehead atoms. The van der Waals surface area contributed by atoms with Gasteiger partial charge in [-0.05, 0) is 19.9 Å². The number of hydrogen-bond acceptors (Lipinski definition) is 4. The van der Waals surface area contributed by atoms with Crippen molar-refractivity contribution in [2.75, 3.05) is 6.54 Å². The van der Waals surface area contributed by atoms with Gasteiger partial charge in [-0.3, -0.25) is 4.79 Å². The lowest BCUT2D eigenvalue weighted by atomic mass is 10.2. The lowest BCUT2D eigenvalue weighted by Gasteiger charge is -2.12. The molecule has 0 saturated heterocycles. The van der Waals surface area contributed by atoms with Crippen LogP contribution in [0.3, 0.4) is 0 Å². The zero-order valence-electron chi connectivity index (χ0n) is 10.3. The molecular formula is C11H18N4O3. The Morgan fingerprint density at radius 2 is 2.33 bits per heavy atom. The molecule has 0 radical (unpaired) electrons. The molecule has 0 aliphatic carbocycles. The Balaban J connectivity index is 2.41. The highest BCUT2D eigenvalue weighted by atomic mass is 16.4. The van der Waals surface area contributed by atoms with E-state index in [1.165, 1.54) is 12.5 Å². The number of imidazole rings is 1. The van der Waals surface area contributed by atoms with Crippen LogP contribution in [-0.4, -0.2) is 39.2 Å². The Morgan fingerprint density at radius 3 is 2.89 bits per heavy atom. The van der Waals surface area contributed by atoms with E-state index in [1.54, 1.807) is 0 Å². The van der Waals surface area contributed by atoms with Gasteiger partial charge < -0.3 is 16.2 Å². The molecule has 100 valence electrons. The molecule has 1 rings (SSSR count). The molecule has 1 aromatic heterocycles. The van der Waals surface area contributed by atoms with Crippen molar-refractivity contribution in [2.24, 2.45) is 5.73 Å². The maximum Gasteiger partial charge on any atom is 0.416 e. The monoisotopic (exact) mass is 254 g/mol. The van der Waals surface area contributed by atoms with Crippen molar-refractivity contribution in [1.82, 2.24) is 14.9 Å². The minimum Gasteiger partial charge on any atom is -0.464 e. The van der Waals surface area contributed by atoms with E-state index in [0.717, 1.165) is 4.57 Å². The second-order valence-electron chi connectivity index (χ2n) is 4.12. The Labute approximate surface area is 105 Å². The zero-order chi connectivity index (χ0) is 13.5. The minimum atomic E-state index is -1.08. The summed E-state index contributed by atoms with van der Waals surface area (Å²) < 4.78 is 0.984. The van der Waals surface area contributed by atoms with Crippen molar-refractivity contribution in [3.05, 3.63) is 18.2 Å². The lowest BCUT2D eigenvalue weighted by molar-refractivity contribution is -0.121. The number of aromatic nitrogens is 2. The quantitative estimate of drug-likeness (QED) is 0.671. The van der Waals surface area contributed by atoms with Gasteiger partial charge in [-0.15, -0.1) is 0 Å². The topological polar surface area (TPSA) is 110 Å². The van der Waals surface area contributed by atoms with E-state index in [4.69, 9.17) is 10.8 Å². The van der Waals surface area contributed by atoms with E-state index in [1.807, 2.05) is 6.92 Å². The number of nitrogens with one attached hydrogen (secondary N) is 1. The van der Waals surface area contributed by atoms with E-state index in [9.17, 15) is 9.59 Å². The number of carboxylic acid groups (broad SMARTS) is 1. The Kier molecular flexibility index (Phi) is 5.31. The van der Waals surface area contributed by atoms with Crippen LogP contribution in [0.1, 0.15) is 25.5 Å². The standard InChI is InChI=1S/C11H18N4O3/c1-8(14-10(16)3-2-4-12)5-9-6-15(7-13-9)11(17)18/h6-8H,2-5,12H2,1H3,(H,14,16)(H,17,18)/t8-/m1/s1. The second-order valence-corrected chi connectivity index (χ2v) is 4.12. The third-order valence-corrected chi connectivity index (χ3v) is 2.39. The summed E-state index contributed by atoms with van der Waals surface area (Å²) in [6.45, 7) is 2.34. The van der Waals surface area contributed by atoms with Gasteiger partial charge in [0.25, 0.3) is 0 Å². The van der Waals surface area contributed by atoms with Crippen molar-refractivity contribution in [3.8, 4) is 0 Å². The molecule has 18 heavy (non-hydrogen) atoms. The van der Waals surface area contributed by atoms with Crippen molar-refractivity contribution in [1.29, 1.82) is 0 Å². The Bertz CT molecular complexity index is 416. The molecule has 1 amide bonds. The van der Waals surface area contributed by atoms with Gasteiger partial charge in [0.05, 0.1) is 5.69 Å². The van der Waals surface area contributed by atoms with E-state index in [-0.39, 0.29) is 11.9 Å². The van der Waals surface area contributed by atoms with E-state index in [0.29, 0.717) is 31.5 Å². The summed E-state index contributed by atoms with van der Waals surface area (Å²) in [6.07, 6.45) is 3.16. The lowest BCUT2D eigenvalue weighted by Crippen LogP contribution is -2.34. The maximum atomic E-state index is 11.4. The third kappa shape index (κ3) is 4.54. The van der Waals surface area contributed by atoms with Crippen LogP contribution in [0.2, 0.25) is 0 Å². The van der Waals surface area contributed by atoms with Crippen LogP contribution in [0.15, 0.2) is 12.5 Å². The predicted molar refractivity (Wildman–Crippen MR) is 65.2 cm³/mol. The van der Waals surface area contributed by atoms with Crippen LogP contribution in [0.25, 0.3) is 0 Å². The molecule has 0 unspecified atom stereocenters. The molecular weight excluding hydrogens is 236 g/mol. The Hall–Kier alpha value is -1.89. The molecule has 0 fully saturated rings. The van der Waals surface area contributed by atoms with Gasteiger partial charge in [-0.1, -0.05) is 0 Å². The predicted octanol–water partition coefficient (Wildman–Crippen LogP) is 0.195. The Morgan fingerprint density at radius 1 is 1.61 bits per heavy atom. The van der Waals surface area contributed by atoms with Gasteiger partial charge in [0, 0.05) is 25.1 Å². The van der Waals surface area contributed by atoms with Gasteiger partial charge in [0.15, 0.2) is 0 Å². The van der Waals surface area contributed by atoms with Crippen molar-refractivity contribution in [3.63, 3.8) is 0 Å². The first-order valence-electron chi connectivity index (χ1n) is 5.78. The molecule has 7 heteroatoms. The SMILES string of the molecule is C[C@H](Cc1cn(C(=O)O)cn1)NC(=O)CCCN. The minimum absolute atomic E-state index is 0.0504. The van der Waals surface area contributed by atoms with Crippen LogP contribution in [0, 0.1) is 0 Å². The average Bonchev–Trinajstić information content (AvgIpc) is 2.74. The first kappa shape index (κ1) is 14.2. The van der Waals surface area contributed by atoms with E-state index >= 15 is 0 Å². The molecule has 1 atom stereocenters. The highest BCUT2D eigenvalue weighted by Crippen LogP contribution is 2.01. The van der Waals surface area contributed by atoms with Gasteiger partial charge in [0.2, 0.25) is 5.91 Å². The van der Waals surface area contributed by atoms with Gasteiger partial charge in [-0.2, -0.15) is 0 Å². The molecule has 4 N–H and O–H groups in total. The van der Waals surface area contributed by atoms with Crippen LogP contribution >= 0.6 is 0 Å². The summed E-state index contributed by atoms with van der Waals surface area (Å²) in [5.41, 5.74) is 5.94. The van der Waals surface area contributed by atoms with Crippen molar-refractivity contribution < 1.29 is 14.7 Å². The number of nitrogens with zero attached hydrogens (tertiary/aromatic N) is 2. The second kappa shape index (κ2) is 6.75. The summed E-state index contributed by atoms with van der Waals surface area (Å²) in [5.74, 6) is -0.0504. The van der Waals surface area contributed by atoms with Gasteiger partial charge >= 0.3 is 6.09 Å². The molecule has 7 nitrogen and oxygen atoms in total. The summed E-state index contributed by atoms with van der Waals surface area (Å²) in [7, 11) is 0. The molecule has 1 aromatic rings. The average molecular weight is 254 g/mol. The van der Waals surface area contributed by atoms with Crippen molar-refractivity contribution >= 4 is 12.0 Å². The van der Waals surface area contributed by atoms with Crippen LogP contribution in [-0.2, 0) is 11.2 Å². The fraction of sp³-hybridized carbons (Fsp3) is 0.545. The highest BCUT2D eigenvalue weighted by Gasteiger charge is 2.10. The fourth-order valence-electron chi connectivity index (χ4n) is 1.55. The molecule has 0 aliphatic rings. The number of nitrogens with two attached hydrogens (primary N) is 1. The molecule has 0 spiro atoms. The van der Waals surface area contributed by atoms with E-state index < -0.39 is 6.09 Å². The first-order chi connectivity index (χ1) is 8.52. The van der Waals surface area contributed by atoms with Gasteiger partial charge in [-0.25, -0.2) is 14.3 Å². The normalized spacial score (nSPS) is 12.1. The summed E-state index contributed by atoms with van der Waals surface area (Å²) >= 11 is 0. The highest BCUT2D eigenvalue weighted by molar-refractivity contribution is 5.76. The number of carbonyl (C=O) groups excluding carboxylic acids is 1. The summed E-state index contributed by atoms with van der Waals surface area (Å²) in [5, 5.41) is 11.5. The fourth-order valence-corrected chi connectivity index (χ4v) is 1.55. The largest absolute Gasteiger partial charge is 0.464 e. The maximum absolute atomic E-state index is 11.4. The molecule has 0 aliphatic heterocycles. The number of rotatable bonds is 6. The summed E-state index contributed by atoms with van der Waals surface area (Å²) in [4.78, 5) is 26.0. The zero-order valence-corrected chi connectivity index (χ0v) is 10.3. The summed E-state index contributed by atoms with van der Waals surface area (Å²) in [6, 6.07) is -0.0904. The van der Waals surface area contributed by atoms with Crippen molar-refractivity contribution in [2.45, 2.75) is 32.2 Å². The van der Waals surface area contributed by atoms with Crippen LogP contribution < -0.4 is 11.1 Å². The third-order valence-electron chi connectivity index (χ3n) is 2.39. The molecule has 1 heterocycles. The first-order valence-corrected chi connectivity index (χ1v) is 5.78. The molecule has 0 saturated carbocycles. The van der Waals surface area contributed by atoms with Crippen LogP contribution in [0.4, 0.5) is 4.79 Å². The van der Waals surface area contributed by atoms with Crippen LogP contribution in [0.5, 0.6) is 0 Å².